The van der Waals surface area contributed by atoms with E-state index < -0.39 is 0 Å². The Morgan fingerprint density at radius 3 is 2.76 bits per heavy atom. The van der Waals surface area contributed by atoms with E-state index in [-0.39, 0.29) is 18.3 Å². The lowest BCUT2D eigenvalue weighted by Gasteiger charge is -2.07. The van der Waals surface area contributed by atoms with E-state index in [0.717, 1.165) is 0 Å². The quantitative estimate of drug-likeness (QED) is 0.625. The Morgan fingerprint density at radius 2 is 2.24 bits per heavy atom. The van der Waals surface area contributed by atoms with E-state index in [0.29, 0.717) is 28.3 Å². The second kappa shape index (κ2) is 6.48. The number of hydrogen-bond donors (Lipinski definition) is 0. The minimum Gasteiger partial charge on any atom is -0.466 e. The number of carbonyl (C=O) groups is 1. The fourth-order valence-electron chi connectivity index (χ4n) is 1.44. The fourth-order valence-corrected chi connectivity index (χ4v) is 1.95. The Bertz CT molecular complexity index is 466. The molecule has 0 fully saturated rings. The van der Waals surface area contributed by atoms with Gasteiger partial charge in [-0.3, -0.25) is 4.79 Å². The first-order chi connectivity index (χ1) is 8.12. The zero-order valence-electron chi connectivity index (χ0n) is 9.30. The molecule has 0 saturated carbocycles. The van der Waals surface area contributed by atoms with Crippen molar-refractivity contribution in [1.29, 1.82) is 5.26 Å². The predicted molar refractivity (Wildman–Crippen MR) is 66.1 cm³/mol. The van der Waals surface area contributed by atoms with Gasteiger partial charge >= 0.3 is 5.97 Å². The van der Waals surface area contributed by atoms with Crippen LogP contribution >= 0.6 is 23.2 Å². The molecule has 0 aromatic heterocycles. The van der Waals surface area contributed by atoms with Crippen LogP contribution in [0.15, 0.2) is 12.1 Å². The van der Waals surface area contributed by atoms with Gasteiger partial charge in [0.1, 0.15) is 6.07 Å². The standard InChI is InChI=1S/C12H11Cl2NO2/c1-2-17-12(16)5-8-3-9(6-13)10(7-15)11(14)4-8/h3-4H,2,5-6H2,1H3. The minimum absolute atomic E-state index is 0.128. The van der Waals surface area contributed by atoms with Crippen LogP contribution in [0.3, 0.4) is 0 Å². The lowest BCUT2D eigenvalue weighted by molar-refractivity contribution is -0.142. The molecule has 90 valence electrons. The number of hydrogen-bond acceptors (Lipinski definition) is 3. The molecule has 0 saturated heterocycles. The number of halogens is 2. The van der Waals surface area contributed by atoms with Crippen molar-refractivity contribution in [3.8, 4) is 6.07 Å². The summed E-state index contributed by atoms with van der Waals surface area (Å²) in [5, 5.41) is 9.21. The van der Waals surface area contributed by atoms with Crippen molar-refractivity contribution in [2.75, 3.05) is 6.61 Å². The van der Waals surface area contributed by atoms with Crippen LogP contribution in [0.25, 0.3) is 0 Å². The summed E-state index contributed by atoms with van der Waals surface area (Å²) in [6.45, 7) is 2.08. The molecule has 0 N–H and O–H groups in total. The first-order valence-electron chi connectivity index (χ1n) is 5.05. The van der Waals surface area contributed by atoms with E-state index in [2.05, 4.69) is 0 Å². The lowest BCUT2D eigenvalue weighted by atomic mass is 10.0. The number of nitriles is 1. The molecule has 0 aliphatic rings. The normalized spacial score (nSPS) is 9.76. The van der Waals surface area contributed by atoms with Crippen molar-refractivity contribution in [1.82, 2.24) is 0 Å². The average molecular weight is 272 g/mol. The second-order valence-corrected chi connectivity index (χ2v) is 4.01. The Balaban J connectivity index is 3.00. The maximum absolute atomic E-state index is 11.3. The third-order valence-electron chi connectivity index (χ3n) is 2.14. The van der Waals surface area contributed by atoms with Crippen molar-refractivity contribution < 1.29 is 9.53 Å². The molecular formula is C12H11Cl2NO2. The molecule has 5 heteroatoms. The number of alkyl halides is 1. The highest BCUT2D eigenvalue weighted by Crippen LogP contribution is 2.23. The summed E-state index contributed by atoms with van der Waals surface area (Å²) in [7, 11) is 0. The molecule has 1 aromatic rings. The van der Waals surface area contributed by atoms with Crippen molar-refractivity contribution in [3.05, 3.63) is 33.8 Å². The molecule has 1 aromatic carbocycles. The number of ether oxygens (including phenoxy) is 1. The molecule has 0 heterocycles. The van der Waals surface area contributed by atoms with Crippen LogP contribution in [0.5, 0.6) is 0 Å². The summed E-state index contributed by atoms with van der Waals surface area (Å²) in [5.41, 5.74) is 1.68. The fraction of sp³-hybridized carbons (Fsp3) is 0.333. The molecule has 0 radical (unpaired) electrons. The molecule has 0 aliphatic heterocycles. The van der Waals surface area contributed by atoms with Crippen LogP contribution in [0.2, 0.25) is 5.02 Å². The average Bonchev–Trinajstić information content (AvgIpc) is 2.28. The zero-order valence-corrected chi connectivity index (χ0v) is 10.8. The van der Waals surface area contributed by atoms with Crippen LogP contribution in [-0.4, -0.2) is 12.6 Å². The van der Waals surface area contributed by atoms with Crippen molar-refractivity contribution in [2.24, 2.45) is 0 Å². The smallest absolute Gasteiger partial charge is 0.310 e. The number of rotatable bonds is 4. The van der Waals surface area contributed by atoms with Crippen LogP contribution in [0, 0.1) is 11.3 Å². The predicted octanol–water partition coefficient (Wildman–Crippen LogP) is 3.06. The maximum Gasteiger partial charge on any atom is 0.310 e. The number of nitrogens with zero attached hydrogens (tertiary/aromatic N) is 1. The highest BCUT2D eigenvalue weighted by atomic mass is 35.5. The van der Waals surface area contributed by atoms with Gasteiger partial charge in [-0.2, -0.15) is 5.26 Å². The van der Waals surface area contributed by atoms with E-state index in [1.165, 1.54) is 0 Å². The third kappa shape index (κ3) is 3.62. The number of benzene rings is 1. The Labute approximate surface area is 110 Å². The lowest BCUT2D eigenvalue weighted by Crippen LogP contribution is -2.08. The first-order valence-corrected chi connectivity index (χ1v) is 5.96. The van der Waals surface area contributed by atoms with Crippen LogP contribution in [0.4, 0.5) is 0 Å². The summed E-state index contributed by atoms with van der Waals surface area (Å²) in [6.07, 6.45) is 0.128. The SMILES string of the molecule is CCOC(=O)Cc1cc(Cl)c(C#N)c(CCl)c1. The molecule has 0 aliphatic carbocycles. The summed E-state index contributed by atoms with van der Waals surface area (Å²) in [6, 6.07) is 5.28. The molecule has 17 heavy (non-hydrogen) atoms. The Kier molecular flexibility index (Phi) is 5.27. The molecule has 0 atom stereocenters. The molecule has 1 rings (SSSR count). The highest BCUT2D eigenvalue weighted by molar-refractivity contribution is 6.32. The van der Waals surface area contributed by atoms with E-state index >= 15 is 0 Å². The molecule has 0 unspecified atom stereocenters. The van der Waals surface area contributed by atoms with Gasteiger partial charge in [0, 0.05) is 5.88 Å². The summed E-state index contributed by atoms with van der Waals surface area (Å²) >= 11 is 11.7. The van der Waals surface area contributed by atoms with Crippen LogP contribution in [0.1, 0.15) is 23.6 Å². The van der Waals surface area contributed by atoms with Crippen molar-refractivity contribution >= 4 is 29.2 Å². The zero-order chi connectivity index (χ0) is 12.8. The summed E-state index contributed by atoms with van der Waals surface area (Å²) < 4.78 is 4.84. The maximum atomic E-state index is 11.3. The monoisotopic (exact) mass is 271 g/mol. The molecule has 0 spiro atoms. The molecule has 3 nitrogen and oxygen atoms in total. The first kappa shape index (κ1) is 13.8. The van der Waals surface area contributed by atoms with Gasteiger partial charge in [0.05, 0.1) is 23.6 Å². The second-order valence-electron chi connectivity index (χ2n) is 3.34. The Hall–Kier alpha value is -1.24. The van der Waals surface area contributed by atoms with Gasteiger partial charge in [-0.15, -0.1) is 11.6 Å². The van der Waals surface area contributed by atoms with Crippen molar-refractivity contribution in [2.45, 2.75) is 19.2 Å². The number of esters is 1. The number of carbonyl (C=O) groups excluding carboxylic acids is 1. The van der Waals surface area contributed by atoms with Gasteiger partial charge in [0.15, 0.2) is 0 Å². The summed E-state index contributed by atoms with van der Waals surface area (Å²) in [5.74, 6) is -0.145. The van der Waals surface area contributed by atoms with Crippen molar-refractivity contribution in [3.63, 3.8) is 0 Å². The van der Waals surface area contributed by atoms with Gasteiger partial charge in [-0.1, -0.05) is 17.7 Å². The Morgan fingerprint density at radius 1 is 1.53 bits per heavy atom. The summed E-state index contributed by atoms with van der Waals surface area (Å²) in [4.78, 5) is 11.3. The third-order valence-corrected chi connectivity index (χ3v) is 2.73. The van der Waals surface area contributed by atoms with Gasteiger partial charge in [-0.25, -0.2) is 0 Å². The topological polar surface area (TPSA) is 50.1 Å². The van der Waals surface area contributed by atoms with E-state index in [9.17, 15) is 4.79 Å². The minimum atomic E-state index is -0.325. The van der Waals surface area contributed by atoms with Crippen LogP contribution in [-0.2, 0) is 21.8 Å². The van der Waals surface area contributed by atoms with Gasteiger partial charge in [-0.05, 0) is 24.1 Å². The largest absolute Gasteiger partial charge is 0.466 e. The molecular weight excluding hydrogens is 261 g/mol. The molecule has 0 bridgehead atoms. The van der Waals surface area contributed by atoms with Gasteiger partial charge < -0.3 is 4.74 Å². The van der Waals surface area contributed by atoms with Gasteiger partial charge in [0.25, 0.3) is 0 Å². The van der Waals surface area contributed by atoms with E-state index in [1.807, 2.05) is 6.07 Å². The van der Waals surface area contributed by atoms with E-state index in [1.54, 1.807) is 19.1 Å². The van der Waals surface area contributed by atoms with Gasteiger partial charge in [0.2, 0.25) is 0 Å². The van der Waals surface area contributed by atoms with E-state index in [4.69, 9.17) is 33.2 Å². The van der Waals surface area contributed by atoms with Crippen LogP contribution < -0.4 is 0 Å². The highest BCUT2D eigenvalue weighted by Gasteiger charge is 2.11. The molecule has 0 amide bonds.